The number of carbonyl (C=O) groups is 1. The first-order valence-electron chi connectivity index (χ1n) is 10.4. The first-order valence-corrected chi connectivity index (χ1v) is 10.4. The topological polar surface area (TPSA) is 50.4 Å². The van der Waals surface area contributed by atoms with E-state index >= 15 is 0 Å². The van der Waals surface area contributed by atoms with Crippen molar-refractivity contribution in [3.8, 4) is 5.75 Å². The van der Waals surface area contributed by atoms with E-state index in [1.54, 1.807) is 13.2 Å². The van der Waals surface area contributed by atoms with Crippen LogP contribution in [0.2, 0.25) is 0 Å². The zero-order chi connectivity index (χ0) is 21.4. The summed E-state index contributed by atoms with van der Waals surface area (Å²) >= 11 is 0. The number of ether oxygens (including phenoxy) is 1. The Morgan fingerprint density at radius 1 is 0.903 bits per heavy atom. The minimum atomic E-state index is -0.416. The molecule has 2 aliphatic rings. The standard InChI is InChI=1S/C26H23FN2O2/c1-31-20-9-5-6-16(13-20)18-14-23-25(24(30)15-18)26(17-7-4-8-19(27)12-17)29-22-11-3-2-10-21(22)28-23/h2-13,18,26,28-29H,14-15H2,1H3. The third-order valence-electron chi connectivity index (χ3n) is 6.06. The number of Topliss-reactive ketones (excluding diaryl/α,β-unsaturated/α-hetero) is 1. The van der Waals surface area contributed by atoms with Gasteiger partial charge in [0.2, 0.25) is 0 Å². The molecule has 0 spiro atoms. The fourth-order valence-electron chi connectivity index (χ4n) is 4.56. The molecular formula is C26H23FN2O2. The van der Waals surface area contributed by atoms with Crippen molar-refractivity contribution in [3.05, 3.63) is 101 Å². The normalized spacial score (nSPS) is 20.1. The molecule has 2 atom stereocenters. The van der Waals surface area contributed by atoms with Crippen molar-refractivity contribution in [2.75, 3.05) is 17.7 Å². The lowest BCUT2D eigenvalue weighted by molar-refractivity contribution is -0.116. The Kier molecular flexibility index (Phi) is 4.94. The number of nitrogens with one attached hydrogen (secondary N) is 2. The fourth-order valence-corrected chi connectivity index (χ4v) is 4.56. The first kappa shape index (κ1) is 19.4. The number of halogens is 1. The maximum absolute atomic E-state index is 14.0. The molecule has 2 N–H and O–H groups in total. The maximum atomic E-state index is 14.0. The zero-order valence-electron chi connectivity index (χ0n) is 17.2. The first-order chi connectivity index (χ1) is 15.1. The van der Waals surface area contributed by atoms with Crippen molar-refractivity contribution in [1.29, 1.82) is 0 Å². The average molecular weight is 414 g/mol. The Bertz CT molecular complexity index is 1190. The van der Waals surface area contributed by atoms with Crippen LogP contribution in [-0.2, 0) is 4.79 Å². The van der Waals surface area contributed by atoms with Gasteiger partial charge in [-0.2, -0.15) is 0 Å². The number of anilines is 2. The summed E-state index contributed by atoms with van der Waals surface area (Å²) in [5.41, 5.74) is 5.18. The molecule has 0 aromatic heterocycles. The monoisotopic (exact) mass is 414 g/mol. The lowest BCUT2D eigenvalue weighted by atomic mass is 9.78. The molecule has 0 saturated carbocycles. The van der Waals surface area contributed by atoms with E-state index in [9.17, 15) is 9.18 Å². The van der Waals surface area contributed by atoms with E-state index in [0.717, 1.165) is 33.9 Å². The molecule has 5 rings (SSSR count). The number of hydrogen-bond acceptors (Lipinski definition) is 4. The molecule has 4 nitrogen and oxygen atoms in total. The number of ketones is 1. The molecule has 0 radical (unpaired) electrons. The fraction of sp³-hybridized carbons (Fsp3) is 0.192. The van der Waals surface area contributed by atoms with Crippen molar-refractivity contribution in [3.63, 3.8) is 0 Å². The summed E-state index contributed by atoms with van der Waals surface area (Å²) in [6.07, 6.45) is 1.09. The molecule has 0 bridgehead atoms. The van der Waals surface area contributed by atoms with Gasteiger partial charge in [-0.25, -0.2) is 4.39 Å². The smallest absolute Gasteiger partial charge is 0.163 e. The van der Waals surface area contributed by atoms with Gasteiger partial charge >= 0.3 is 0 Å². The highest BCUT2D eigenvalue weighted by Crippen LogP contribution is 2.44. The Morgan fingerprint density at radius 3 is 2.48 bits per heavy atom. The maximum Gasteiger partial charge on any atom is 0.163 e. The van der Waals surface area contributed by atoms with Crippen LogP contribution < -0.4 is 15.4 Å². The summed E-state index contributed by atoms with van der Waals surface area (Å²) in [7, 11) is 1.64. The second kappa shape index (κ2) is 7.91. The van der Waals surface area contributed by atoms with Crippen LogP contribution in [0.4, 0.5) is 15.8 Å². The van der Waals surface area contributed by atoms with Crippen LogP contribution in [0.5, 0.6) is 5.75 Å². The zero-order valence-corrected chi connectivity index (χ0v) is 17.2. The predicted molar refractivity (Wildman–Crippen MR) is 120 cm³/mol. The van der Waals surface area contributed by atoms with Gasteiger partial charge in [0, 0.05) is 17.7 Å². The van der Waals surface area contributed by atoms with Gasteiger partial charge < -0.3 is 15.4 Å². The molecule has 0 amide bonds. The minimum Gasteiger partial charge on any atom is -0.497 e. The summed E-state index contributed by atoms with van der Waals surface area (Å²) in [4.78, 5) is 13.5. The van der Waals surface area contributed by atoms with Gasteiger partial charge in [0.1, 0.15) is 11.6 Å². The van der Waals surface area contributed by atoms with Gasteiger partial charge in [-0.3, -0.25) is 4.79 Å². The molecule has 0 fully saturated rings. The van der Waals surface area contributed by atoms with Crippen LogP contribution in [0.3, 0.4) is 0 Å². The van der Waals surface area contributed by atoms with E-state index in [2.05, 4.69) is 10.6 Å². The van der Waals surface area contributed by atoms with Gasteiger partial charge in [-0.05, 0) is 59.9 Å². The van der Waals surface area contributed by atoms with Crippen molar-refractivity contribution < 1.29 is 13.9 Å². The lowest BCUT2D eigenvalue weighted by Crippen LogP contribution is -2.27. The molecular weight excluding hydrogens is 391 g/mol. The van der Waals surface area contributed by atoms with Crippen LogP contribution in [0.15, 0.2) is 84.1 Å². The molecule has 1 heterocycles. The van der Waals surface area contributed by atoms with Gasteiger partial charge in [0.25, 0.3) is 0 Å². The third-order valence-corrected chi connectivity index (χ3v) is 6.06. The van der Waals surface area contributed by atoms with Crippen molar-refractivity contribution in [2.24, 2.45) is 0 Å². The molecule has 1 aliphatic carbocycles. The van der Waals surface area contributed by atoms with Crippen LogP contribution in [0.1, 0.15) is 35.9 Å². The van der Waals surface area contributed by atoms with Crippen LogP contribution in [0.25, 0.3) is 0 Å². The van der Waals surface area contributed by atoms with E-state index in [-0.39, 0.29) is 17.5 Å². The molecule has 0 saturated heterocycles. The summed E-state index contributed by atoms with van der Waals surface area (Å²) in [6.45, 7) is 0. The van der Waals surface area contributed by atoms with E-state index in [4.69, 9.17) is 4.74 Å². The second-order valence-corrected chi connectivity index (χ2v) is 8.00. The minimum absolute atomic E-state index is 0.0484. The van der Waals surface area contributed by atoms with E-state index in [1.165, 1.54) is 12.1 Å². The Morgan fingerprint density at radius 2 is 1.68 bits per heavy atom. The summed E-state index contributed by atoms with van der Waals surface area (Å²) < 4.78 is 19.4. The number of rotatable bonds is 3. The van der Waals surface area contributed by atoms with Crippen molar-refractivity contribution >= 4 is 17.2 Å². The Balaban J connectivity index is 1.60. The van der Waals surface area contributed by atoms with Gasteiger partial charge in [0.15, 0.2) is 5.78 Å². The molecule has 156 valence electrons. The largest absolute Gasteiger partial charge is 0.497 e. The second-order valence-electron chi connectivity index (χ2n) is 8.00. The van der Waals surface area contributed by atoms with E-state index < -0.39 is 6.04 Å². The molecule has 3 aromatic rings. The predicted octanol–water partition coefficient (Wildman–Crippen LogP) is 5.81. The number of hydrogen-bond donors (Lipinski definition) is 2. The quantitative estimate of drug-likeness (QED) is 0.568. The highest BCUT2D eigenvalue weighted by atomic mass is 19.1. The molecule has 1 aliphatic heterocycles. The highest BCUT2D eigenvalue weighted by molar-refractivity contribution is 6.01. The Labute approximate surface area is 180 Å². The van der Waals surface area contributed by atoms with Crippen molar-refractivity contribution in [2.45, 2.75) is 24.8 Å². The highest BCUT2D eigenvalue weighted by Gasteiger charge is 2.36. The summed E-state index contributed by atoms with van der Waals surface area (Å²) in [6, 6.07) is 21.8. The number of allylic oxidation sites excluding steroid dienone is 1. The average Bonchev–Trinajstić information content (AvgIpc) is 2.96. The molecule has 3 aromatic carbocycles. The summed E-state index contributed by atoms with van der Waals surface area (Å²) in [5, 5.41) is 6.98. The van der Waals surface area contributed by atoms with Gasteiger partial charge in [-0.15, -0.1) is 0 Å². The van der Waals surface area contributed by atoms with Crippen molar-refractivity contribution in [1.82, 2.24) is 0 Å². The van der Waals surface area contributed by atoms with Gasteiger partial charge in [-0.1, -0.05) is 36.4 Å². The van der Waals surface area contributed by atoms with E-state index in [0.29, 0.717) is 18.4 Å². The number of para-hydroxylation sites is 2. The van der Waals surface area contributed by atoms with Crippen LogP contribution in [0, 0.1) is 5.82 Å². The van der Waals surface area contributed by atoms with Crippen LogP contribution >= 0.6 is 0 Å². The molecule has 2 unspecified atom stereocenters. The number of carbonyl (C=O) groups excluding carboxylic acids is 1. The number of fused-ring (bicyclic) bond motifs is 1. The van der Waals surface area contributed by atoms with Crippen LogP contribution in [-0.4, -0.2) is 12.9 Å². The Hall–Kier alpha value is -3.60. The summed E-state index contributed by atoms with van der Waals surface area (Å²) in [5.74, 6) is 0.580. The molecule has 5 heteroatoms. The number of benzene rings is 3. The number of methoxy groups -OCH3 is 1. The van der Waals surface area contributed by atoms with E-state index in [1.807, 2.05) is 54.6 Å². The third kappa shape index (κ3) is 3.67. The molecule has 31 heavy (non-hydrogen) atoms. The SMILES string of the molecule is COc1cccc(C2CC(=O)C3=C(C2)Nc2ccccc2NC3c2cccc(F)c2)c1. The lowest BCUT2D eigenvalue weighted by Gasteiger charge is -2.30. The van der Waals surface area contributed by atoms with Gasteiger partial charge in [0.05, 0.1) is 24.5 Å².